The summed E-state index contributed by atoms with van der Waals surface area (Å²) in [7, 11) is 0. The van der Waals surface area contributed by atoms with Gasteiger partial charge in [-0.15, -0.1) is 0 Å². The molecule has 0 unspecified atom stereocenters. The molecule has 0 saturated carbocycles. The molecular formula is C20H31N3O2. The second kappa shape index (κ2) is 7.23. The Hall–Kier alpha value is -1.14. The van der Waals surface area contributed by atoms with Crippen LogP contribution in [0.5, 0.6) is 0 Å². The molecule has 3 atom stereocenters. The van der Waals surface area contributed by atoms with Crippen LogP contribution in [-0.4, -0.2) is 79.0 Å². The summed E-state index contributed by atoms with van der Waals surface area (Å²) in [5.41, 5.74) is 4.13. The topological polar surface area (TPSA) is 39.2 Å². The van der Waals surface area contributed by atoms with E-state index >= 15 is 0 Å². The average Bonchev–Trinajstić information content (AvgIpc) is 2.96. The van der Waals surface area contributed by atoms with Gasteiger partial charge in [0.15, 0.2) is 0 Å². The number of aliphatic hydroxyl groups excluding tert-OH is 1. The SMILES string of the molecule is Cc1cc(N2CCOCC2)ccc1CN1C[C@H]2C[C@@H](O)CN2C[C@@H]1C. The van der Waals surface area contributed by atoms with E-state index in [1.54, 1.807) is 0 Å². The minimum Gasteiger partial charge on any atom is -0.392 e. The lowest BCUT2D eigenvalue weighted by Gasteiger charge is -2.42. The molecule has 0 radical (unpaired) electrons. The normalized spacial score (nSPS) is 31.3. The van der Waals surface area contributed by atoms with Crippen molar-refractivity contribution >= 4 is 5.69 Å². The maximum Gasteiger partial charge on any atom is 0.0682 e. The van der Waals surface area contributed by atoms with E-state index in [9.17, 15) is 5.11 Å². The van der Waals surface area contributed by atoms with E-state index in [1.807, 2.05) is 0 Å². The summed E-state index contributed by atoms with van der Waals surface area (Å²) in [6.45, 7) is 12.2. The number of fused-ring (bicyclic) bond motifs is 1. The average molecular weight is 345 g/mol. The molecular weight excluding hydrogens is 314 g/mol. The van der Waals surface area contributed by atoms with Crippen LogP contribution in [0.4, 0.5) is 5.69 Å². The van der Waals surface area contributed by atoms with Gasteiger partial charge in [-0.3, -0.25) is 9.80 Å². The first-order chi connectivity index (χ1) is 12.1. The first-order valence-corrected chi connectivity index (χ1v) is 9.68. The summed E-state index contributed by atoms with van der Waals surface area (Å²) in [5, 5.41) is 9.95. The third-order valence-electron chi connectivity index (χ3n) is 6.15. The smallest absolute Gasteiger partial charge is 0.0682 e. The van der Waals surface area contributed by atoms with Crippen LogP contribution < -0.4 is 4.90 Å². The molecule has 0 amide bonds. The largest absolute Gasteiger partial charge is 0.392 e. The Balaban J connectivity index is 1.43. The highest BCUT2D eigenvalue weighted by molar-refractivity contribution is 5.51. The van der Waals surface area contributed by atoms with Gasteiger partial charge in [-0.05, 0) is 43.5 Å². The maximum atomic E-state index is 9.95. The summed E-state index contributed by atoms with van der Waals surface area (Å²) in [6, 6.07) is 7.98. The highest BCUT2D eigenvalue weighted by Gasteiger charge is 2.38. The lowest BCUT2D eigenvalue weighted by atomic mass is 10.0. The Labute approximate surface area is 151 Å². The van der Waals surface area contributed by atoms with Crippen molar-refractivity contribution in [2.75, 3.05) is 50.8 Å². The molecule has 0 bridgehead atoms. The molecule has 0 aromatic heterocycles. The number of hydrogen-bond acceptors (Lipinski definition) is 5. The van der Waals surface area contributed by atoms with Crippen LogP contribution in [0.3, 0.4) is 0 Å². The number of rotatable bonds is 3. The van der Waals surface area contributed by atoms with Crippen LogP contribution in [-0.2, 0) is 11.3 Å². The number of morpholine rings is 1. The molecule has 1 aromatic rings. The van der Waals surface area contributed by atoms with Crippen molar-refractivity contribution in [2.24, 2.45) is 0 Å². The summed E-state index contributed by atoms with van der Waals surface area (Å²) in [5.74, 6) is 0. The number of piperazine rings is 1. The van der Waals surface area contributed by atoms with Crippen molar-refractivity contribution in [2.45, 2.75) is 45.0 Å². The fourth-order valence-electron chi connectivity index (χ4n) is 4.59. The Morgan fingerprint density at radius 1 is 1.16 bits per heavy atom. The van der Waals surface area contributed by atoms with Crippen molar-refractivity contribution in [1.29, 1.82) is 0 Å². The zero-order valence-corrected chi connectivity index (χ0v) is 15.5. The molecule has 3 fully saturated rings. The zero-order chi connectivity index (χ0) is 17.4. The van der Waals surface area contributed by atoms with Gasteiger partial charge < -0.3 is 14.7 Å². The quantitative estimate of drug-likeness (QED) is 0.898. The lowest BCUT2D eigenvalue weighted by molar-refractivity contribution is 0.0527. The molecule has 4 rings (SSSR count). The minimum atomic E-state index is -0.133. The van der Waals surface area contributed by atoms with Crippen LogP contribution >= 0.6 is 0 Å². The van der Waals surface area contributed by atoms with Crippen molar-refractivity contribution in [3.63, 3.8) is 0 Å². The van der Waals surface area contributed by atoms with Gasteiger partial charge >= 0.3 is 0 Å². The molecule has 0 aliphatic carbocycles. The van der Waals surface area contributed by atoms with E-state index in [1.165, 1.54) is 16.8 Å². The Morgan fingerprint density at radius 3 is 2.72 bits per heavy atom. The first kappa shape index (κ1) is 17.3. The summed E-state index contributed by atoms with van der Waals surface area (Å²) in [4.78, 5) is 7.48. The molecule has 3 heterocycles. The third kappa shape index (κ3) is 3.70. The maximum absolute atomic E-state index is 9.95. The first-order valence-electron chi connectivity index (χ1n) is 9.68. The zero-order valence-electron chi connectivity index (χ0n) is 15.5. The van der Waals surface area contributed by atoms with E-state index in [4.69, 9.17) is 4.74 Å². The molecule has 3 aliphatic heterocycles. The molecule has 138 valence electrons. The van der Waals surface area contributed by atoms with Crippen molar-refractivity contribution in [1.82, 2.24) is 9.80 Å². The van der Waals surface area contributed by atoms with Crippen molar-refractivity contribution in [3.05, 3.63) is 29.3 Å². The molecule has 1 N–H and O–H groups in total. The summed E-state index contributed by atoms with van der Waals surface area (Å²) < 4.78 is 5.46. The van der Waals surface area contributed by atoms with Crippen LogP contribution in [0.2, 0.25) is 0 Å². The molecule has 1 aromatic carbocycles. The van der Waals surface area contributed by atoms with Gasteiger partial charge in [-0.25, -0.2) is 0 Å². The van der Waals surface area contributed by atoms with Gasteiger partial charge in [0.1, 0.15) is 0 Å². The van der Waals surface area contributed by atoms with Gasteiger partial charge in [0.05, 0.1) is 19.3 Å². The Kier molecular flexibility index (Phi) is 5.00. The van der Waals surface area contributed by atoms with Crippen LogP contribution in [0, 0.1) is 6.92 Å². The van der Waals surface area contributed by atoms with Gasteiger partial charge in [-0.2, -0.15) is 0 Å². The van der Waals surface area contributed by atoms with Gasteiger partial charge in [0.2, 0.25) is 0 Å². The molecule has 5 heteroatoms. The number of ether oxygens (including phenoxy) is 1. The Morgan fingerprint density at radius 2 is 1.96 bits per heavy atom. The molecule has 3 saturated heterocycles. The number of aliphatic hydroxyl groups is 1. The molecule has 0 spiro atoms. The predicted octanol–water partition coefficient (Wildman–Crippen LogP) is 1.47. The fourth-order valence-corrected chi connectivity index (χ4v) is 4.59. The summed E-state index contributed by atoms with van der Waals surface area (Å²) in [6.07, 6.45) is 0.796. The van der Waals surface area contributed by atoms with Gasteiger partial charge in [0.25, 0.3) is 0 Å². The van der Waals surface area contributed by atoms with E-state index < -0.39 is 0 Å². The highest BCUT2D eigenvalue weighted by atomic mass is 16.5. The monoisotopic (exact) mass is 345 g/mol. The second-order valence-corrected chi connectivity index (χ2v) is 7.99. The van der Waals surface area contributed by atoms with Crippen molar-refractivity contribution < 1.29 is 9.84 Å². The summed E-state index contributed by atoms with van der Waals surface area (Å²) >= 11 is 0. The fraction of sp³-hybridized carbons (Fsp3) is 0.700. The van der Waals surface area contributed by atoms with E-state index in [-0.39, 0.29) is 6.10 Å². The predicted molar refractivity (Wildman–Crippen MR) is 100 cm³/mol. The number of anilines is 1. The van der Waals surface area contributed by atoms with Crippen LogP contribution in [0.1, 0.15) is 24.5 Å². The number of nitrogens with zero attached hydrogens (tertiary/aromatic N) is 3. The second-order valence-electron chi connectivity index (χ2n) is 7.99. The van der Waals surface area contributed by atoms with Crippen LogP contribution in [0.25, 0.3) is 0 Å². The van der Waals surface area contributed by atoms with E-state index in [0.29, 0.717) is 12.1 Å². The molecule has 3 aliphatic rings. The standard InChI is InChI=1S/C20H31N3O2/c1-15-9-18(21-5-7-25-8-6-21)4-3-17(15)12-22-13-19-10-20(24)14-23(19)11-16(22)2/h3-4,9,16,19-20,24H,5-8,10-14H2,1-2H3/t16-,19+,20+/m0/s1. The number of aryl methyl sites for hydroxylation is 1. The van der Waals surface area contributed by atoms with Crippen molar-refractivity contribution in [3.8, 4) is 0 Å². The number of hydrogen-bond donors (Lipinski definition) is 1. The highest BCUT2D eigenvalue weighted by Crippen LogP contribution is 2.27. The van der Waals surface area contributed by atoms with E-state index in [2.05, 4.69) is 46.7 Å². The minimum absolute atomic E-state index is 0.133. The number of benzene rings is 1. The van der Waals surface area contributed by atoms with Crippen LogP contribution in [0.15, 0.2) is 18.2 Å². The van der Waals surface area contributed by atoms with Gasteiger partial charge in [-0.1, -0.05) is 6.07 Å². The lowest BCUT2D eigenvalue weighted by Crippen LogP contribution is -2.54. The molecule has 5 nitrogen and oxygen atoms in total. The molecule has 25 heavy (non-hydrogen) atoms. The Bertz CT molecular complexity index is 603. The van der Waals surface area contributed by atoms with E-state index in [0.717, 1.165) is 58.9 Å². The third-order valence-corrected chi connectivity index (χ3v) is 6.15. The van der Waals surface area contributed by atoms with Gasteiger partial charge in [0, 0.05) is 57.0 Å².